The number of nitrogens with one attached hydrogen (secondary N) is 1. The minimum atomic E-state index is 0.00652. The molecule has 0 atom stereocenters. The summed E-state index contributed by atoms with van der Waals surface area (Å²) >= 11 is 6.02. The molecule has 0 fully saturated rings. The molecule has 6 nitrogen and oxygen atoms in total. The van der Waals surface area contributed by atoms with Gasteiger partial charge in [-0.25, -0.2) is 4.98 Å². The molecule has 7 heteroatoms. The van der Waals surface area contributed by atoms with Gasteiger partial charge < -0.3 is 15.8 Å². The first-order valence-corrected chi connectivity index (χ1v) is 8.24. The topological polar surface area (TPSA) is 90.1 Å². The van der Waals surface area contributed by atoms with Crippen LogP contribution in [0.1, 0.15) is 22.8 Å². The van der Waals surface area contributed by atoms with Crippen molar-refractivity contribution in [3.8, 4) is 11.6 Å². The van der Waals surface area contributed by atoms with Gasteiger partial charge >= 0.3 is 0 Å². The summed E-state index contributed by atoms with van der Waals surface area (Å²) in [4.78, 5) is 19.6. The van der Waals surface area contributed by atoms with Crippen molar-refractivity contribution in [2.75, 3.05) is 11.1 Å². The van der Waals surface area contributed by atoms with Gasteiger partial charge in [-0.15, -0.1) is 0 Å². The molecule has 0 radical (unpaired) electrons. The Morgan fingerprint density at radius 3 is 2.54 bits per heavy atom. The molecule has 3 rings (SSSR count). The third-order valence-electron chi connectivity index (χ3n) is 3.75. The number of ketones is 1. The van der Waals surface area contributed by atoms with Crippen molar-refractivity contribution in [3.05, 3.63) is 64.9 Å². The van der Waals surface area contributed by atoms with E-state index in [4.69, 9.17) is 22.1 Å². The van der Waals surface area contributed by atoms with Gasteiger partial charge in [-0.3, -0.25) is 4.79 Å². The van der Waals surface area contributed by atoms with Crippen LogP contribution in [0.3, 0.4) is 0 Å². The molecule has 132 valence electrons. The van der Waals surface area contributed by atoms with Crippen LogP contribution in [0.25, 0.3) is 0 Å². The number of hydrogen-bond acceptors (Lipinski definition) is 6. The van der Waals surface area contributed by atoms with Gasteiger partial charge in [-0.05, 0) is 61.9 Å². The first-order valence-electron chi connectivity index (χ1n) is 7.86. The second-order valence-corrected chi connectivity index (χ2v) is 6.12. The molecule has 0 aliphatic carbocycles. The van der Waals surface area contributed by atoms with Crippen LogP contribution in [0.15, 0.2) is 48.8 Å². The molecule has 0 aliphatic heterocycles. The summed E-state index contributed by atoms with van der Waals surface area (Å²) in [6.45, 7) is 3.41. The minimum Gasteiger partial charge on any atom is -0.437 e. The maximum atomic E-state index is 11.3. The number of nitrogens with two attached hydrogens (primary N) is 1. The predicted molar refractivity (Wildman–Crippen MR) is 102 cm³/mol. The third kappa shape index (κ3) is 3.92. The van der Waals surface area contributed by atoms with E-state index in [1.807, 2.05) is 6.92 Å². The maximum Gasteiger partial charge on any atom is 0.248 e. The Labute approximate surface area is 156 Å². The molecule has 1 heterocycles. The average molecular weight is 369 g/mol. The summed E-state index contributed by atoms with van der Waals surface area (Å²) < 4.78 is 5.75. The van der Waals surface area contributed by atoms with E-state index in [2.05, 4.69) is 15.3 Å². The fourth-order valence-corrected chi connectivity index (χ4v) is 2.40. The van der Waals surface area contributed by atoms with Crippen molar-refractivity contribution in [1.29, 1.82) is 0 Å². The van der Waals surface area contributed by atoms with Gasteiger partial charge in [-0.2, -0.15) is 4.98 Å². The molecule has 0 amide bonds. The van der Waals surface area contributed by atoms with Gasteiger partial charge in [0.1, 0.15) is 17.8 Å². The Hall–Kier alpha value is -3.12. The van der Waals surface area contributed by atoms with Crippen molar-refractivity contribution in [1.82, 2.24) is 9.97 Å². The van der Waals surface area contributed by atoms with Gasteiger partial charge in [0, 0.05) is 16.3 Å². The number of anilines is 3. The third-order valence-corrected chi connectivity index (χ3v) is 4.17. The zero-order chi connectivity index (χ0) is 18.7. The molecule has 0 saturated heterocycles. The molecule has 0 spiro atoms. The highest BCUT2D eigenvalue weighted by molar-refractivity contribution is 6.31. The van der Waals surface area contributed by atoms with E-state index in [-0.39, 0.29) is 17.4 Å². The number of benzene rings is 2. The lowest BCUT2D eigenvalue weighted by molar-refractivity contribution is 0.101. The van der Waals surface area contributed by atoms with Crippen LogP contribution in [0.4, 0.5) is 17.2 Å². The number of carbonyl (C=O) groups is 1. The first-order chi connectivity index (χ1) is 12.4. The molecule has 1 aromatic heterocycles. The van der Waals surface area contributed by atoms with E-state index in [9.17, 15) is 4.79 Å². The average Bonchev–Trinajstić information content (AvgIpc) is 2.62. The number of nitrogens with zero attached hydrogens (tertiary/aromatic N) is 2. The summed E-state index contributed by atoms with van der Waals surface area (Å²) in [6, 6.07) is 12.3. The number of rotatable bonds is 5. The highest BCUT2D eigenvalue weighted by Crippen LogP contribution is 2.32. The summed E-state index contributed by atoms with van der Waals surface area (Å²) in [6.07, 6.45) is 1.36. The standard InChI is InChI=1S/C19H17ClN4O2/c1-11-9-15(7-8-16(11)20)26-19-17(21)18(22-10-23-19)24-14-5-3-13(4-6-14)12(2)25/h3-10H,21H2,1-2H3,(H,22,23,24). The van der Waals surface area contributed by atoms with Crippen LogP contribution in [0.5, 0.6) is 11.6 Å². The van der Waals surface area contributed by atoms with Crippen LogP contribution in [-0.4, -0.2) is 15.8 Å². The molecule has 3 aromatic rings. The van der Waals surface area contributed by atoms with Crippen molar-refractivity contribution >= 4 is 34.6 Å². The lowest BCUT2D eigenvalue weighted by atomic mass is 10.1. The highest BCUT2D eigenvalue weighted by atomic mass is 35.5. The number of Topliss-reactive ketones (excluding diaryl/α,β-unsaturated/α-hetero) is 1. The smallest absolute Gasteiger partial charge is 0.248 e. The normalized spacial score (nSPS) is 10.4. The SMILES string of the molecule is CC(=O)c1ccc(Nc2ncnc(Oc3ccc(Cl)c(C)c3)c2N)cc1. The maximum absolute atomic E-state index is 11.3. The van der Waals surface area contributed by atoms with Crippen LogP contribution < -0.4 is 15.8 Å². The molecule has 2 aromatic carbocycles. The number of aromatic nitrogens is 2. The second kappa shape index (κ2) is 7.41. The zero-order valence-corrected chi connectivity index (χ0v) is 15.0. The van der Waals surface area contributed by atoms with Crippen molar-refractivity contribution in [2.24, 2.45) is 0 Å². The van der Waals surface area contributed by atoms with Crippen molar-refractivity contribution in [3.63, 3.8) is 0 Å². The van der Waals surface area contributed by atoms with E-state index in [0.717, 1.165) is 11.3 Å². The Morgan fingerprint density at radius 2 is 1.88 bits per heavy atom. The van der Waals surface area contributed by atoms with Gasteiger partial charge in [-0.1, -0.05) is 11.6 Å². The Bertz CT molecular complexity index is 958. The van der Waals surface area contributed by atoms with Crippen LogP contribution in [0, 0.1) is 6.92 Å². The molecule has 0 unspecified atom stereocenters. The summed E-state index contributed by atoms with van der Waals surface area (Å²) in [7, 11) is 0. The van der Waals surface area contributed by atoms with Crippen LogP contribution in [-0.2, 0) is 0 Å². The van der Waals surface area contributed by atoms with Crippen molar-refractivity contribution in [2.45, 2.75) is 13.8 Å². The van der Waals surface area contributed by atoms with E-state index >= 15 is 0 Å². The minimum absolute atomic E-state index is 0.00652. The van der Waals surface area contributed by atoms with Crippen LogP contribution in [0.2, 0.25) is 5.02 Å². The lowest BCUT2D eigenvalue weighted by Gasteiger charge is -2.12. The highest BCUT2D eigenvalue weighted by Gasteiger charge is 2.11. The largest absolute Gasteiger partial charge is 0.437 e. The Balaban J connectivity index is 1.82. The number of hydrogen-bond donors (Lipinski definition) is 2. The molecular formula is C19H17ClN4O2. The van der Waals surface area contributed by atoms with Gasteiger partial charge in [0.15, 0.2) is 11.6 Å². The number of nitrogen functional groups attached to an aromatic ring is 1. The Morgan fingerprint density at radius 1 is 1.15 bits per heavy atom. The van der Waals surface area contributed by atoms with Crippen molar-refractivity contribution < 1.29 is 9.53 Å². The number of carbonyl (C=O) groups excluding carboxylic acids is 1. The molecule has 0 bridgehead atoms. The van der Waals surface area contributed by atoms with Crippen LogP contribution >= 0.6 is 11.6 Å². The second-order valence-electron chi connectivity index (χ2n) is 5.71. The quantitative estimate of drug-likeness (QED) is 0.631. The van der Waals surface area contributed by atoms with E-state index in [1.165, 1.54) is 13.3 Å². The number of ether oxygens (including phenoxy) is 1. The lowest BCUT2D eigenvalue weighted by Crippen LogP contribution is -2.03. The monoisotopic (exact) mass is 368 g/mol. The van der Waals surface area contributed by atoms with E-state index in [0.29, 0.717) is 22.2 Å². The van der Waals surface area contributed by atoms with Gasteiger partial charge in [0.25, 0.3) is 0 Å². The molecule has 26 heavy (non-hydrogen) atoms. The molecule has 0 aliphatic rings. The first kappa shape index (κ1) is 17.7. The summed E-state index contributed by atoms with van der Waals surface area (Å²) in [5.41, 5.74) is 8.67. The number of halogens is 1. The van der Waals surface area contributed by atoms with E-state index in [1.54, 1.807) is 42.5 Å². The fourth-order valence-electron chi connectivity index (χ4n) is 2.28. The molecular weight excluding hydrogens is 352 g/mol. The summed E-state index contributed by atoms with van der Waals surface area (Å²) in [5, 5.41) is 3.75. The summed E-state index contributed by atoms with van der Waals surface area (Å²) in [5.74, 6) is 1.24. The van der Waals surface area contributed by atoms with Gasteiger partial charge in [0.2, 0.25) is 5.88 Å². The number of aryl methyl sites for hydroxylation is 1. The van der Waals surface area contributed by atoms with E-state index < -0.39 is 0 Å². The zero-order valence-electron chi connectivity index (χ0n) is 14.3. The molecule has 0 saturated carbocycles. The van der Waals surface area contributed by atoms with Gasteiger partial charge in [0.05, 0.1) is 0 Å². The fraction of sp³-hybridized carbons (Fsp3) is 0.105. The Kier molecular flexibility index (Phi) is 5.04. The predicted octanol–water partition coefficient (Wildman–Crippen LogP) is 4.76. The molecule has 3 N–H and O–H groups in total.